The van der Waals surface area contributed by atoms with Gasteiger partial charge in [-0.05, 0) is 13.0 Å². The van der Waals surface area contributed by atoms with E-state index in [0.29, 0.717) is 11.3 Å². The number of halogens is 3. The van der Waals surface area contributed by atoms with Gasteiger partial charge in [-0.3, -0.25) is 9.67 Å². The van der Waals surface area contributed by atoms with Crippen molar-refractivity contribution in [3.8, 4) is 0 Å². The average molecular weight is 270 g/mol. The van der Waals surface area contributed by atoms with Crippen molar-refractivity contribution in [3.05, 3.63) is 47.0 Å². The van der Waals surface area contributed by atoms with Crippen molar-refractivity contribution in [3.63, 3.8) is 0 Å². The largest absolute Gasteiger partial charge is 0.416 e. The lowest BCUT2D eigenvalue weighted by molar-refractivity contribution is -0.138. The number of alkyl halides is 3. The average Bonchev–Trinajstić information content (AvgIpc) is 2.66. The second-order valence-electron chi connectivity index (χ2n) is 4.28. The molecule has 0 radical (unpaired) electrons. The Hall–Kier alpha value is -1.89. The third kappa shape index (κ3) is 2.60. The van der Waals surface area contributed by atoms with Crippen LogP contribution in [0, 0.1) is 6.92 Å². The van der Waals surface area contributed by atoms with Gasteiger partial charge in [0.1, 0.15) is 0 Å². The summed E-state index contributed by atoms with van der Waals surface area (Å²) in [5.41, 5.74) is 6.28. The number of hydrogen-bond acceptors (Lipinski definition) is 3. The molecule has 0 fully saturated rings. The van der Waals surface area contributed by atoms with Gasteiger partial charge in [-0.1, -0.05) is 0 Å². The zero-order chi connectivity index (χ0) is 14.2. The fraction of sp³-hybridized carbons (Fsp3) is 0.333. The second kappa shape index (κ2) is 4.65. The highest BCUT2D eigenvalue weighted by molar-refractivity contribution is 5.37. The first-order chi connectivity index (χ1) is 8.80. The Morgan fingerprint density at radius 1 is 1.32 bits per heavy atom. The Balaban J connectivity index is 2.50. The van der Waals surface area contributed by atoms with E-state index in [1.54, 1.807) is 20.2 Å². The Kier molecular flexibility index (Phi) is 3.32. The van der Waals surface area contributed by atoms with Gasteiger partial charge >= 0.3 is 6.18 Å². The van der Waals surface area contributed by atoms with Gasteiger partial charge in [-0.2, -0.15) is 18.3 Å². The molecule has 7 heteroatoms. The van der Waals surface area contributed by atoms with Gasteiger partial charge in [-0.15, -0.1) is 0 Å². The van der Waals surface area contributed by atoms with E-state index in [1.165, 1.54) is 4.68 Å². The van der Waals surface area contributed by atoms with Crippen LogP contribution in [0.2, 0.25) is 0 Å². The Labute approximate surface area is 108 Å². The molecule has 102 valence electrons. The van der Waals surface area contributed by atoms with Gasteiger partial charge in [0, 0.05) is 36.8 Å². The first-order valence-electron chi connectivity index (χ1n) is 5.57. The van der Waals surface area contributed by atoms with Crippen LogP contribution in [0.5, 0.6) is 0 Å². The van der Waals surface area contributed by atoms with E-state index in [0.717, 1.165) is 18.5 Å². The number of nitrogens with two attached hydrogens (primary N) is 1. The van der Waals surface area contributed by atoms with E-state index in [-0.39, 0.29) is 5.56 Å². The van der Waals surface area contributed by atoms with Gasteiger partial charge in [0.15, 0.2) is 0 Å². The molecule has 0 spiro atoms. The summed E-state index contributed by atoms with van der Waals surface area (Å²) in [4.78, 5) is 3.73. The van der Waals surface area contributed by atoms with E-state index in [4.69, 9.17) is 5.73 Å². The summed E-state index contributed by atoms with van der Waals surface area (Å²) >= 11 is 0. The number of nitrogens with zero attached hydrogens (tertiary/aromatic N) is 3. The predicted molar refractivity (Wildman–Crippen MR) is 63.2 cm³/mol. The summed E-state index contributed by atoms with van der Waals surface area (Å²) in [5, 5.41) is 4.08. The van der Waals surface area contributed by atoms with Crippen molar-refractivity contribution in [2.24, 2.45) is 12.8 Å². The minimum atomic E-state index is -4.45. The van der Waals surface area contributed by atoms with Crippen molar-refractivity contribution in [2.45, 2.75) is 19.1 Å². The molecule has 0 saturated carbocycles. The normalized spacial score (nSPS) is 13.6. The molecule has 1 atom stereocenters. The smallest absolute Gasteiger partial charge is 0.320 e. The number of rotatable bonds is 2. The molecule has 2 aromatic rings. The maximum absolute atomic E-state index is 12.9. The first-order valence-corrected chi connectivity index (χ1v) is 5.57. The minimum Gasteiger partial charge on any atom is -0.320 e. The zero-order valence-electron chi connectivity index (χ0n) is 10.4. The highest BCUT2D eigenvalue weighted by Gasteiger charge is 2.35. The molecule has 4 nitrogen and oxygen atoms in total. The summed E-state index contributed by atoms with van der Waals surface area (Å²) < 4.78 is 40.3. The monoisotopic (exact) mass is 270 g/mol. The van der Waals surface area contributed by atoms with E-state index in [2.05, 4.69) is 10.1 Å². The van der Waals surface area contributed by atoms with E-state index in [9.17, 15) is 13.2 Å². The molecular formula is C12H13F3N4. The van der Waals surface area contributed by atoms with Gasteiger partial charge in [-0.25, -0.2) is 0 Å². The molecule has 0 aliphatic heterocycles. The summed E-state index contributed by atoms with van der Waals surface area (Å²) in [6.07, 6.45) is -0.575. The van der Waals surface area contributed by atoms with Gasteiger partial charge in [0.2, 0.25) is 0 Å². The van der Waals surface area contributed by atoms with Crippen LogP contribution in [0.4, 0.5) is 13.2 Å². The Bertz CT molecular complexity index is 589. The standard InChI is InChI=1S/C12H13F3N4/c1-7-9(6-19(2)18-7)11(16)8-5-17-4-3-10(8)12(13,14)15/h3-6,11H,16H2,1-2H3. The molecule has 0 aliphatic rings. The Morgan fingerprint density at radius 2 is 2.00 bits per heavy atom. The van der Waals surface area contributed by atoms with E-state index >= 15 is 0 Å². The van der Waals surface area contributed by atoms with Gasteiger partial charge < -0.3 is 5.73 Å². The maximum Gasteiger partial charge on any atom is 0.416 e. The molecular weight excluding hydrogens is 257 g/mol. The van der Waals surface area contributed by atoms with Gasteiger partial charge in [0.05, 0.1) is 17.3 Å². The van der Waals surface area contributed by atoms with E-state index in [1.807, 2.05) is 0 Å². The van der Waals surface area contributed by atoms with Crippen LogP contribution in [0.1, 0.15) is 28.4 Å². The highest BCUT2D eigenvalue weighted by atomic mass is 19.4. The lowest BCUT2D eigenvalue weighted by Crippen LogP contribution is -2.19. The minimum absolute atomic E-state index is 0.0499. The summed E-state index contributed by atoms with van der Waals surface area (Å²) in [5.74, 6) is 0. The summed E-state index contributed by atoms with van der Waals surface area (Å²) in [6, 6.07) is 0.0278. The van der Waals surface area contributed by atoms with Gasteiger partial charge in [0.25, 0.3) is 0 Å². The van der Waals surface area contributed by atoms with Crippen LogP contribution >= 0.6 is 0 Å². The van der Waals surface area contributed by atoms with E-state index < -0.39 is 17.8 Å². The van der Waals surface area contributed by atoms with Crippen LogP contribution in [0.25, 0.3) is 0 Å². The van der Waals surface area contributed by atoms with Crippen LogP contribution in [0.15, 0.2) is 24.7 Å². The molecule has 2 N–H and O–H groups in total. The molecule has 2 rings (SSSR count). The number of aryl methyl sites for hydroxylation is 2. The van der Waals surface area contributed by atoms with Crippen LogP contribution in [0.3, 0.4) is 0 Å². The molecule has 1 unspecified atom stereocenters. The lowest BCUT2D eigenvalue weighted by Gasteiger charge is -2.17. The van der Waals surface area contributed by atoms with Crippen molar-refractivity contribution in [1.82, 2.24) is 14.8 Å². The van der Waals surface area contributed by atoms with Crippen molar-refractivity contribution < 1.29 is 13.2 Å². The van der Waals surface area contributed by atoms with Crippen molar-refractivity contribution >= 4 is 0 Å². The first kappa shape index (κ1) is 13.5. The molecule has 0 amide bonds. The molecule has 19 heavy (non-hydrogen) atoms. The molecule has 2 heterocycles. The van der Waals surface area contributed by atoms with Crippen molar-refractivity contribution in [2.75, 3.05) is 0 Å². The number of aromatic nitrogens is 3. The highest BCUT2D eigenvalue weighted by Crippen LogP contribution is 2.35. The third-order valence-electron chi connectivity index (χ3n) is 2.88. The quantitative estimate of drug-likeness (QED) is 0.910. The number of hydrogen-bond donors (Lipinski definition) is 1. The molecule has 2 aromatic heterocycles. The fourth-order valence-corrected chi connectivity index (χ4v) is 2.00. The van der Waals surface area contributed by atoms with Crippen LogP contribution in [-0.4, -0.2) is 14.8 Å². The lowest BCUT2D eigenvalue weighted by atomic mass is 9.97. The maximum atomic E-state index is 12.9. The number of pyridine rings is 1. The summed E-state index contributed by atoms with van der Waals surface area (Å²) in [6.45, 7) is 1.71. The molecule has 0 saturated heterocycles. The topological polar surface area (TPSA) is 56.7 Å². The Morgan fingerprint density at radius 3 is 2.53 bits per heavy atom. The fourth-order valence-electron chi connectivity index (χ4n) is 2.00. The molecule has 0 bridgehead atoms. The summed E-state index contributed by atoms with van der Waals surface area (Å²) in [7, 11) is 1.69. The second-order valence-corrected chi connectivity index (χ2v) is 4.28. The molecule has 0 aliphatic carbocycles. The van der Waals surface area contributed by atoms with Crippen molar-refractivity contribution in [1.29, 1.82) is 0 Å². The third-order valence-corrected chi connectivity index (χ3v) is 2.88. The van der Waals surface area contributed by atoms with Crippen LogP contribution < -0.4 is 5.73 Å². The zero-order valence-corrected chi connectivity index (χ0v) is 10.4. The molecule has 0 aromatic carbocycles. The van der Waals surface area contributed by atoms with Crippen LogP contribution in [-0.2, 0) is 13.2 Å². The SMILES string of the molecule is Cc1nn(C)cc1C(N)c1cnccc1C(F)(F)F. The predicted octanol–water partition coefficient (Wildman–Crippen LogP) is 2.19.